The zero-order chi connectivity index (χ0) is 18.8. The number of carbonyl (C=O) groups is 1. The fourth-order valence-corrected chi connectivity index (χ4v) is 3.39. The van der Waals surface area contributed by atoms with Crippen molar-refractivity contribution in [3.05, 3.63) is 82.3 Å². The Morgan fingerprint density at radius 3 is 2.81 bits per heavy atom. The summed E-state index contributed by atoms with van der Waals surface area (Å²) in [7, 11) is 0. The first-order valence-corrected chi connectivity index (χ1v) is 9.02. The zero-order valence-electron chi connectivity index (χ0n) is 14.5. The molecule has 4 nitrogen and oxygen atoms in total. The molecule has 3 aromatic rings. The fraction of sp³-hybridized carbons (Fsp3) is 0.143. The van der Waals surface area contributed by atoms with Gasteiger partial charge in [-0.15, -0.1) is 0 Å². The number of hydrogen-bond acceptors (Lipinski definition) is 2. The second kappa shape index (κ2) is 7.37. The number of carbonyl (C=O) groups excluding carboxylic acids is 1. The summed E-state index contributed by atoms with van der Waals surface area (Å²) < 4.78 is 13.0. The summed E-state index contributed by atoms with van der Waals surface area (Å²) in [5.41, 5.74) is 4.61. The average Bonchev–Trinajstić information content (AvgIpc) is 3.10. The maximum absolute atomic E-state index is 13.0. The highest BCUT2D eigenvalue weighted by Gasteiger charge is 2.24. The number of fused-ring (bicyclic) bond motifs is 1. The highest BCUT2D eigenvalue weighted by molar-refractivity contribution is 6.30. The van der Waals surface area contributed by atoms with E-state index in [0.29, 0.717) is 18.1 Å². The molecule has 1 aliphatic heterocycles. The molecule has 1 aliphatic rings. The third kappa shape index (κ3) is 3.78. The standard InChI is InChI=1S/C21H17ClFN3O/c22-16-3-1-2-15(12-16)21-18-13-26(11-10-19(18)24-25-21)20(27)9-6-14-4-7-17(23)8-5-14/h1-9,12H,10-11,13H2,(H,24,25)/b9-6+. The Morgan fingerprint density at radius 2 is 2.04 bits per heavy atom. The monoisotopic (exact) mass is 381 g/mol. The Bertz CT molecular complexity index is 1010. The van der Waals surface area contributed by atoms with Gasteiger partial charge in [-0.05, 0) is 35.9 Å². The summed E-state index contributed by atoms with van der Waals surface area (Å²) in [6.45, 7) is 1.11. The topological polar surface area (TPSA) is 49.0 Å². The summed E-state index contributed by atoms with van der Waals surface area (Å²) in [6.07, 6.45) is 3.95. The number of nitrogens with zero attached hydrogens (tertiary/aromatic N) is 2. The highest BCUT2D eigenvalue weighted by atomic mass is 35.5. The van der Waals surface area contributed by atoms with Gasteiger partial charge in [-0.25, -0.2) is 4.39 Å². The molecule has 6 heteroatoms. The van der Waals surface area contributed by atoms with E-state index in [1.807, 2.05) is 24.3 Å². The van der Waals surface area contributed by atoms with E-state index in [1.165, 1.54) is 18.2 Å². The van der Waals surface area contributed by atoms with Gasteiger partial charge >= 0.3 is 0 Å². The van der Waals surface area contributed by atoms with Gasteiger partial charge in [0.05, 0.1) is 5.69 Å². The molecule has 4 rings (SSSR count). The van der Waals surface area contributed by atoms with Crippen molar-refractivity contribution in [3.63, 3.8) is 0 Å². The number of amides is 1. The van der Waals surface area contributed by atoms with Crippen LogP contribution >= 0.6 is 11.6 Å². The molecule has 0 bridgehead atoms. The first kappa shape index (κ1) is 17.5. The Morgan fingerprint density at radius 1 is 1.22 bits per heavy atom. The van der Waals surface area contributed by atoms with Crippen LogP contribution in [0.4, 0.5) is 4.39 Å². The van der Waals surface area contributed by atoms with Crippen molar-refractivity contribution in [2.75, 3.05) is 6.54 Å². The number of aromatic nitrogens is 2. The van der Waals surface area contributed by atoms with E-state index < -0.39 is 0 Å². The summed E-state index contributed by atoms with van der Waals surface area (Å²) >= 11 is 6.10. The smallest absolute Gasteiger partial charge is 0.246 e. The normalized spacial score (nSPS) is 13.8. The Balaban J connectivity index is 1.53. The highest BCUT2D eigenvalue weighted by Crippen LogP contribution is 2.29. The predicted molar refractivity (Wildman–Crippen MR) is 104 cm³/mol. The van der Waals surface area contributed by atoms with E-state index >= 15 is 0 Å². The van der Waals surface area contributed by atoms with Gasteiger partial charge in [0.15, 0.2) is 0 Å². The largest absolute Gasteiger partial charge is 0.334 e. The number of hydrogen-bond donors (Lipinski definition) is 1. The van der Waals surface area contributed by atoms with Gasteiger partial charge in [-0.2, -0.15) is 5.10 Å². The minimum absolute atomic E-state index is 0.0804. The zero-order valence-corrected chi connectivity index (χ0v) is 15.2. The van der Waals surface area contributed by atoms with Gasteiger partial charge < -0.3 is 4.90 Å². The van der Waals surface area contributed by atoms with E-state index in [-0.39, 0.29) is 11.7 Å². The van der Waals surface area contributed by atoms with E-state index in [4.69, 9.17) is 11.6 Å². The fourth-order valence-electron chi connectivity index (χ4n) is 3.20. The molecule has 0 aliphatic carbocycles. The van der Waals surface area contributed by atoms with Crippen molar-refractivity contribution in [2.45, 2.75) is 13.0 Å². The molecule has 1 N–H and O–H groups in total. The molecule has 136 valence electrons. The quantitative estimate of drug-likeness (QED) is 0.680. The molecule has 0 unspecified atom stereocenters. The maximum atomic E-state index is 13.0. The number of nitrogens with one attached hydrogen (secondary N) is 1. The third-order valence-corrected chi connectivity index (χ3v) is 4.87. The van der Waals surface area contributed by atoms with Crippen LogP contribution in [0.1, 0.15) is 16.8 Å². The van der Waals surface area contributed by atoms with E-state index in [9.17, 15) is 9.18 Å². The summed E-state index contributed by atoms with van der Waals surface area (Å²) in [5.74, 6) is -0.376. The molecule has 27 heavy (non-hydrogen) atoms. The first-order valence-electron chi connectivity index (χ1n) is 8.65. The second-order valence-electron chi connectivity index (χ2n) is 6.43. The van der Waals surface area contributed by atoms with Gasteiger partial charge in [-0.1, -0.05) is 35.9 Å². The Hall–Kier alpha value is -2.92. The molecule has 0 fully saturated rings. The summed E-state index contributed by atoms with van der Waals surface area (Å²) in [6, 6.07) is 13.6. The second-order valence-corrected chi connectivity index (χ2v) is 6.87. The predicted octanol–water partition coefficient (Wildman–Crippen LogP) is 4.47. The molecular weight excluding hydrogens is 365 g/mol. The molecular formula is C21H17ClFN3O. The lowest BCUT2D eigenvalue weighted by Crippen LogP contribution is -2.34. The molecule has 1 amide bonds. The van der Waals surface area contributed by atoms with Crippen molar-refractivity contribution < 1.29 is 9.18 Å². The number of rotatable bonds is 3. The number of halogens is 2. The minimum atomic E-state index is -0.296. The lowest BCUT2D eigenvalue weighted by Gasteiger charge is -2.26. The van der Waals surface area contributed by atoms with Crippen LogP contribution in [0.5, 0.6) is 0 Å². The molecule has 2 heterocycles. The molecule has 1 aromatic heterocycles. The van der Waals surface area contributed by atoms with Crippen molar-refractivity contribution >= 4 is 23.6 Å². The lowest BCUT2D eigenvalue weighted by atomic mass is 10.0. The van der Waals surface area contributed by atoms with Gasteiger partial charge in [0.1, 0.15) is 5.82 Å². The SMILES string of the molecule is O=C(/C=C/c1ccc(F)cc1)N1CCc2[nH]nc(-c3cccc(Cl)c3)c2C1. The molecule has 2 aromatic carbocycles. The van der Waals surface area contributed by atoms with Crippen molar-refractivity contribution in [1.82, 2.24) is 15.1 Å². The van der Waals surface area contributed by atoms with Crippen molar-refractivity contribution in [2.24, 2.45) is 0 Å². The third-order valence-electron chi connectivity index (χ3n) is 4.63. The van der Waals surface area contributed by atoms with E-state index in [2.05, 4.69) is 10.2 Å². The Labute approximate surface area is 161 Å². The van der Waals surface area contributed by atoms with Crippen LogP contribution in [0.2, 0.25) is 5.02 Å². The number of benzene rings is 2. The molecule has 0 radical (unpaired) electrons. The van der Waals surface area contributed by atoms with E-state index in [1.54, 1.807) is 23.1 Å². The molecule has 0 spiro atoms. The van der Waals surface area contributed by atoms with E-state index in [0.717, 1.165) is 34.5 Å². The number of aromatic amines is 1. The molecule has 0 saturated heterocycles. The summed E-state index contributed by atoms with van der Waals surface area (Å²) in [5, 5.41) is 8.16. The van der Waals surface area contributed by atoms with Crippen LogP contribution in [-0.2, 0) is 17.8 Å². The minimum Gasteiger partial charge on any atom is -0.334 e. The Kier molecular flexibility index (Phi) is 4.77. The maximum Gasteiger partial charge on any atom is 0.246 e. The van der Waals surface area contributed by atoms with Gasteiger partial charge in [0.25, 0.3) is 0 Å². The van der Waals surface area contributed by atoms with Gasteiger partial charge in [0, 0.05) is 47.4 Å². The van der Waals surface area contributed by atoms with Crippen LogP contribution in [0, 0.1) is 5.82 Å². The van der Waals surface area contributed by atoms with Crippen molar-refractivity contribution in [3.8, 4) is 11.3 Å². The van der Waals surface area contributed by atoms with Crippen molar-refractivity contribution in [1.29, 1.82) is 0 Å². The molecule has 0 atom stereocenters. The van der Waals surface area contributed by atoms with Gasteiger partial charge in [-0.3, -0.25) is 9.89 Å². The van der Waals surface area contributed by atoms with Crippen LogP contribution < -0.4 is 0 Å². The molecule has 0 saturated carbocycles. The van der Waals surface area contributed by atoms with Crippen LogP contribution in [0.15, 0.2) is 54.6 Å². The lowest BCUT2D eigenvalue weighted by molar-refractivity contribution is -0.126. The van der Waals surface area contributed by atoms with Crippen LogP contribution in [-0.4, -0.2) is 27.5 Å². The van der Waals surface area contributed by atoms with Gasteiger partial charge in [0.2, 0.25) is 5.91 Å². The number of H-pyrrole nitrogens is 1. The van der Waals surface area contributed by atoms with Crippen LogP contribution in [0.3, 0.4) is 0 Å². The first-order chi connectivity index (χ1) is 13.1. The van der Waals surface area contributed by atoms with Crippen LogP contribution in [0.25, 0.3) is 17.3 Å². The summed E-state index contributed by atoms with van der Waals surface area (Å²) in [4.78, 5) is 14.4. The average molecular weight is 382 g/mol.